The molecule has 1 atom stereocenters. The number of rotatable bonds is 3. The van der Waals surface area contributed by atoms with Gasteiger partial charge in [0.2, 0.25) is 0 Å². The summed E-state index contributed by atoms with van der Waals surface area (Å²) in [5.74, 6) is 1.57. The first-order valence-electron chi connectivity index (χ1n) is 8.44. The van der Waals surface area contributed by atoms with E-state index in [9.17, 15) is 0 Å². The van der Waals surface area contributed by atoms with E-state index in [1.54, 1.807) is 0 Å². The van der Waals surface area contributed by atoms with Crippen LogP contribution in [0.2, 0.25) is 0 Å². The number of alkyl halides is 1. The van der Waals surface area contributed by atoms with Gasteiger partial charge >= 0.3 is 0 Å². The Balaban J connectivity index is 1.65. The van der Waals surface area contributed by atoms with Crippen LogP contribution in [0.1, 0.15) is 12.8 Å². The molecule has 2 aliphatic heterocycles. The van der Waals surface area contributed by atoms with Crippen LogP contribution in [0.15, 0.2) is 17.1 Å². The Bertz CT molecular complexity index is 870. The Morgan fingerprint density at radius 3 is 2.96 bits per heavy atom. The van der Waals surface area contributed by atoms with E-state index in [2.05, 4.69) is 62.7 Å². The third-order valence-electron chi connectivity index (χ3n) is 4.97. The molecule has 0 aliphatic carbocycles. The van der Waals surface area contributed by atoms with Gasteiger partial charge in [0.15, 0.2) is 0 Å². The second kappa shape index (κ2) is 6.84. The van der Waals surface area contributed by atoms with Crippen molar-refractivity contribution in [3.05, 3.63) is 26.4 Å². The van der Waals surface area contributed by atoms with Gasteiger partial charge in [-0.15, -0.1) is 11.6 Å². The molecule has 1 aromatic heterocycles. The van der Waals surface area contributed by atoms with Crippen LogP contribution in [0.3, 0.4) is 0 Å². The van der Waals surface area contributed by atoms with Gasteiger partial charge in [-0.2, -0.15) is 0 Å². The van der Waals surface area contributed by atoms with Crippen molar-refractivity contribution in [3.63, 3.8) is 0 Å². The molecule has 128 valence electrons. The summed E-state index contributed by atoms with van der Waals surface area (Å²) in [6.45, 7) is 3.74. The fourth-order valence-electron chi connectivity index (χ4n) is 3.51. The number of nitrogens with zero attached hydrogens (tertiary/aromatic N) is 2. The molecule has 1 unspecified atom stereocenters. The molecule has 3 heterocycles. The van der Waals surface area contributed by atoms with E-state index in [4.69, 9.17) is 16.3 Å². The van der Waals surface area contributed by atoms with Gasteiger partial charge in [0.1, 0.15) is 11.2 Å². The van der Waals surface area contributed by atoms with E-state index in [0.717, 1.165) is 41.7 Å². The lowest BCUT2D eigenvalue weighted by atomic mass is 9.98. The Labute approximate surface area is 160 Å². The van der Waals surface area contributed by atoms with Crippen molar-refractivity contribution in [2.24, 2.45) is 10.9 Å². The normalized spacial score (nSPS) is 22.0. The molecule has 1 aromatic carbocycles. The minimum absolute atomic E-state index is 0.0314. The number of nitrogens with one attached hydrogen (secondary N) is 1. The van der Waals surface area contributed by atoms with Gasteiger partial charge in [0, 0.05) is 14.2 Å². The Hall–Kier alpha value is -0.790. The van der Waals surface area contributed by atoms with Gasteiger partial charge < -0.3 is 14.6 Å². The summed E-state index contributed by atoms with van der Waals surface area (Å²) < 4.78 is 7.41. The van der Waals surface area contributed by atoms with E-state index < -0.39 is 0 Å². The Morgan fingerprint density at radius 2 is 2.17 bits per heavy atom. The van der Waals surface area contributed by atoms with Crippen LogP contribution < -0.4 is 15.4 Å². The van der Waals surface area contributed by atoms with Crippen LogP contribution in [0.5, 0.6) is 5.75 Å². The highest BCUT2D eigenvalue weighted by atomic mass is 127. The summed E-state index contributed by atoms with van der Waals surface area (Å²) in [6.07, 6.45) is 4.52. The number of hydrogen-bond acceptors (Lipinski definition) is 3. The summed E-state index contributed by atoms with van der Waals surface area (Å²) in [5, 5.41) is 2.27. The Morgan fingerprint density at radius 1 is 1.38 bits per heavy atom. The predicted octanol–water partition coefficient (Wildman–Crippen LogP) is 2.51. The fraction of sp³-hybridized carbons (Fsp3) is 0.500. The third kappa shape index (κ3) is 3.18. The van der Waals surface area contributed by atoms with Crippen molar-refractivity contribution >= 4 is 51.2 Å². The first kappa shape index (κ1) is 16.7. The molecule has 0 bridgehead atoms. The van der Waals surface area contributed by atoms with Crippen molar-refractivity contribution in [3.8, 4) is 5.75 Å². The highest BCUT2D eigenvalue weighted by molar-refractivity contribution is 14.1. The molecule has 2 aliphatic rings. The van der Waals surface area contributed by atoms with Crippen LogP contribution >= 0.6 is 34.2 Å². The van der Waals surface area contributed by atoms with Gasteiger partial charge in [-0.05, 0) is 73.6 Å². The molecule has 4 rings (SSSR count). The molecule has 0 amide bonds. The maximum atomic E-state index is 6.27. The van der Waals surface area contributed by atoms with Gasteiger partial charge in [-0.3, -0.25) is 4.99 Å². The van der Waals surface area contributed by atoms with Crippen molar-refractivity contribution in [2.75, 3.05) is 33.3 Å². The van der Waals surface area contributed by atoms with Crippen molar-refractivity contribution in [2.45, 2.75) is 18.2 Å². The molecule has 4 nitrogen and oxygen atoms in total. The number of ether oxygens (including phenoxy) is 1. The second-order valence-corrected chi connectivity index (χ2v) is 8.49. The van der Waals surface area contributed by atoms with Crippen molar-refractivity contribution in [1.82, 2.24) is 9.88 Å². The first-order chi connectivity index (χ1) is 11.6. The Kier molecular flexibility index (Phi) is 4.75. The highest BCUT2D eigenvalue weighted by Gasteiger charge is 2.19. The summed E-state index contributed by atoms with van der Waals surface area (Å²) in [6, 6.07) is 4.19. The van der Waals surface area contributed by atoms with E-state index in [0.29, 0.717) is 12.5 Å². The predicted molar refractivity (Wildman–Crippen MR) is 106 cm³/mol. The zero-order chi connectivity index (χ0) is 16.7. The molecule has 24 heavy (non-hydrogen) atoms. The summed E-state index contributed by atoms with van der Waals surface area (Å²) in [4.78, 5) is 10.4. The lowest BCUT2D eigenvalue weighted by Gasteiger charge is -2.28. The minimum Gasteiger partial charge on any atom is -0.491 e. The molecular weight excluding hydrogens is 437 g/mol. The van der Waals surface area contributed by atoms with E-state index in [1.165, 1.54) is 21.8 Å². The van der Waals surface area contributed by atoms with Crippen LogP contribution in [-0.2, 0) is 0 Å². The van der Waals surface area contributed by atoms with Crippen LogP contribution in [0.4, 0.5) is 0 Å². The number of H-pyrrole nitrogens is 1. The standard InChI is InChI=1S/C18H21ClIN3O/c1-23-6-4-11(5-7-23)10-24-15-3-2-14(20)16-13-8-12(19)9-21-18(13)22-17(15)16/h2-3,8,11-12H,4-7,9-10H2,1H3,(H,21,22). The SMILES string of the molecule is CN1CCC(COc2ccc(I)c3c4c([nH]c23)=NCC(Cl)C=4)CC1. The molecule has 1 saturated heterocycles. The van der Waals surface area contributed by atoms with Crippen LogP contribution in [0, 0.1) is 9.49 Å². The number of halogens is 2. The molecule has 0 spiro atoms. The zero-order valence-electron chi connectivity index (χ0n) is 13.7. The van der Waals surface area contributed by atoms with Gasteiger partial charge in [0.25, 0.3) is 0 Å². The maximum Gasteiger partial charge on any atom is 0.143 e. The fourth-order valence-corrected chi connectivity index (χ4v) is 4.44. The summed E-state index contributed by atoms with van der Waals surface area (Å²) in [7, 11) is 2.19. The molecule has 1 N–H and O–H groups in total. The van der Waals surface area contributed by atoms with Gasteiger partial charge in [-0.1, -0.05) is 6.08 Å². The zero-order valence-corrected chi connectivity index (χ0v) is 16.6. The summed E-state index contributed by atoms with van der Waals surface area (Å²) >= 11 is 8.64. The smallest absolute Gasteiger partial charge is 0.143 e. The average molecular weight is 458 g/mol. The molecule has 0 saturated carbocycles. The first-order valence-corrected chi connectivity index (χ1v) is 9.95. The molecular formula is C18H21ClIN3O. The molecule has 2 aromatic rings. The lowest BCUT2D eigenvalue weighted by Crippen LogP contribution is -2.32. The monoisotopic (exact) mass is 457 g/mol. The highest BCUT2D eigenvalue weighted by Crippen LogP contribution is 2.27. The van der Waals surface area contributed by atoms with E-state index >= 15 is 0 Å². The van der Waals surface area contributed by atoms with Crippen LogP contribution in [-0.4, -0.2) is 48.5 Å². The number of piperidine rings is 1. The number of aromatic amines is 1. The maximum absolute atomic E-state index is 6.27. The van der Waals surface area contributed by atoms with Crippen molar-refractivity contribution in [1.29, 1.82) is 0 Å². The minimum atomic E-state index is -0.0314. The molecule has 0 radical (unpaired) electrons. The second-order valence-electron chi connectivity index (χ2n) is 6.76. The summed E-state index contributed by atoms with van der Waals surface area (Å²) in [5.41, 5.74) is 1.97. The topological polar surface area (TPSA) is 40.6 Å². The number of likely N-dealkylation sites (tertiary alicyclic amines) is 1. The van der Waals surface area contributed by atoms with Gasteiger partial charge in [0.05, 0.1) is 24.0 Å². The quantitative estimate of drug-likeness (QED) is 0.568. The number of fused-ring (bicyclic) bond motifs is 3. The lowest BCUT2D eigenvalue weighted by molar-refractivity contribution is 0.161. The van der Waals surface area contributed by atoms with E-state index in [1.807, 2.05) is 0 Å². The number of hydrogen-bond donors (Lipinski definition) is 1. The number of aromatic nitrogens is 1. The molecule has 6 heteroatoms. The average Bonchev–Trinajstić information content (AvgIpc) is 2.95. The van der Waals surface area contributed by atoms with Gasteiger partial charge in [-0.25, -0.2) is 0 Å². The van der Waals surface area contributed by atoms with Crippen molar-refractivity contribution < 1.29 is 4.74 Å². The van der Waals surface area contributed by atoms with Crippen LogP contribution in [0.25, 0.3) is 17.0 Å². The number of benzene rings is 1. The van der Waals surface area contributed by atoms with E-state index in [-0.39, 0.29) is 5.38 Å². The molecule has 1 fully saturated rings. The third-order valence-corrected chi connectivity index (χ3v) is 6.13. The largest absolute Gasteiger partial charge is 0.491 e.